The molecule has 1 aromatic carbocycles. The van der Waals surface area contributed by atoms with Crippen LogP contribution in [0.1, 0.15) is 52.0 Å². The lowest BCUT2D eigenvalue weighted by atomic mass is 9.80. The maximum atomic E-state index is 13.5. The van der Waals surface area contributed by atoms with E-state index < -0.39 is 17.7 Å². The van der Waals surface area contributed by atoms with Crippen molar-refractivity contribution >= 4 is 24.2 Å². The SMILES string of the molecule is CCCCN1C(=O)[C@@H]([C@H](O)C(C)C)NC(=O)C12CCN(Cc1ccc(Oc3cccnc3)cc1)CC2.Cl. The number of halogens is 1. The number of benzene rings is 1. The molecule has 2 amide bonds. The topological polar surface area (TPSA) is 95.0 Å². The Balaban J connectivity index is 0.00000380. The third-order valence-electron chi connectivity index (χ3n) is 7.40. The van der Waals surface area contributed by atoms with E-state index in [0.717, 1.165) is 30.7 Å². The quantitative estimate of drug-likeness (QED) is 0.512. The number of aliphatic hydroxyl groups excluding tert-OH is 1. The van der Waals surface area contributed by atoms with Crippen LogP contribution >= 0.6 is 12.4 Å². The highest BCUT2D eigenvalue weighted by Crippen LogP contribution is 2.35. The highest BCUT2D eigenvalue weighted by molar-refractivity contribution is 6.00. The van der Waals surface area contributed by atoms with Crippen LogP contribution in [0.2, 0.25) is 0 Å². The minimum Gasteiger partial charge on any atom is -0.456 e. The van der Waals surface area contributed by atoms with E-state index in [2.05, 4.69) is 34.3 Å². The van der Waals surface area contributed by atoms with Gasteiger partial charge in [-0.25, -0.2) is 0 Å². The zero-order valence-corrected chi connectivity index (χ0v) is 22.7. The number of amides is 2. The van der Waals surface area contributed by atoms with Gasteiger partial charge in [-0.2, -0.15) is 0 Å². The molecule has 0 aliphatic carbocycles. The Morgan fingerprint density at radius 1 is 1.14 bits per heavy atom. The molecule has 2 N–H and O–H groups in total. The van der Waals surface area contributed by atoms with Gasteiger partial charge in [0.05, 0.1) is 12.3 Å². The number of hydrogen-bond donors (Lipinski definition) is 2. The second-order valence-corrected chi connectivity index (χ2v) is 10.3. The molecular weight excluding hydrogens is 492 g/mol. The van der Waals surface area contributed by atoms with Crippen molar-refractivity contribution in [1.82, 2.24) is 20.1 Å². The number of aromatic nitrogens is 1. The van der Waals surface area contributed by atoms with Crippen molar-refractivity contribution in [2.45, 2.75) is 70.7 Å². The summed E-state index contributed by atoms with van der Waals surface area (Å²) >= 11 is 0. The van der Waals surface area contributed by atoms with E-state index in [0.29, 0.717) is 38.2 Å². The number of rotatable bonds is 9. The number of aliphatic hydroxyl groups is 1. The summed E-state index contributed by atoms with van der Waals surface area (Å²) in [6.45, 7) is 8.55. The lowest BCUT2D eigenvalue weighted by Crippen LogP contribution is -2.74. The molecule has 2 saturated heterocycles. The van der Waals surface area contributed by atoms with Gasteiger partial charge in [0.25, 0.3) is 0 Å². The molecule has 2 aliphatic rings. The van der Waals surface area contributed by atoms with Gasteiger partial charge >= 0.3 is 0 Å². The number of piperidine rings is 1. The Bertz CT molecular complexity index is 1030. The number of nitrogens with zero attached hydrogens (tertiary/aromatic N) is 3. The van der Waals surface area contributed by atoms with Gasteiger partial charge in [0.15, 0.2) is 0 Å². The fourth-order valence-electron chi connectivity index (χ4n) is 5.14. The first-order valence-electron chi connectivity index (χ1n) is 13.0. The minimum atomic E-state index is -0.895. The molecular formula is C28H39ClN4O4. The predicted molar refractivity (Wildman–Crippen MR) is 145 cm³/mol. The molecule has 0 saturated carbocycles. The van der Waals surface area contributed by atoms with Gasteiger partial charge in [0, 0.05) is 32.4 Å². The molecule has 37 heavy (non-hydrogen) atoms. The van der Waals surface area contributed by atoms with Gasteiger partial charge in [-0.05, 0) is 55.0 Å². The summed E-state index contributed by atoms with van der Waals surface area (Å²) < 4.78 is 5.83. The van der Waals surface area contributed by atoms with Crippen molar-refractivity contribution in [3.8, 4) is 11.5 Å². The van der Waals surface area contributed by atoms with Crippen molar-refractivity contribution in [1.29, 1.82) is 0 Å². The van der Waals surface area contributed by atoms with Gasteiger partial charge in [0.1, 0.15) is 23.1 Å². The van der Waals surface area contributed by atoms with Crippen molar-refractivity contribution in [2.75, 3.05) is 19.6 Å². The Morgan fingerprint density at radius 2 is 1.84 bits per heavy atom. The summed E-state index contributed by atoms with van der Waals surface area (Å²) in [5.74, 6) is 1.06. The highest BCUT2D eigenvalue weighted by atomic mass is 35.5. The average molecular weight is 531 g/mol. The maximum absolute atomic E-state index is 13.5. The van der Waals surface area contributed by atoms with Gasteiger partial charge < -0.3 is 20.1 Å². The van der Waals surface area contributed by atoms with Crippen LogP contribution in [-0.2, 0) is 16.1 Å². The van der Waals surface area contributed by atoms with Crippen LogP contribution in [0.4, 0.5) is 0 Å². The van der Waals surface area contributed by atoms with Crippen LogP contribution in [0.3, 0.4) is 0 Å². The summed E-state index contributed by atoms with van der Waals surface area (Å²) in [6, 6.07) is 10.8. The third kappa shape index (κ3) is 6.43. The molecule has 9 heteroatoms. The summed E-state index contributed by atoms with van der Waals surface area (Å²) in [7, 11) is 0. The summed E-state index contributed by atoms with van der Waals surface area (Å²) in [6.07, 6.45) is 5.44. The third-order valence-corrected chi connectivity index (χ3v) is 7.40. The molecule has 0 radical (unpaired) electrons. The number of unbranched alkanes of at least 4 members (excludes halogenated alkanes) is 1. The number of piperazine rings is 1. The molecule has 3 heterocycles. The van der Waals surface area contributed by atoms with Gasteiger partial charge in [-0.3, -0.25) is 19.5 Å². The molecule has 2 aliphatic heterocycles. The van der Waals surface area contributed by atoms with Crippen molar-refractivity contribution < 1.29 is 19.4 Å². The smallest absolute Gasteiger partial charge is 0.248 e. The van der Waals surface area contributed by atoms with E-state index in [4.69, 9.17) is 4.74 Å². The molecule has 2 aromatic rings. The molecule has 2 fully saturated rings. The predicted octanol–water partition coefficient (Wildman–Crippen LogP) is 3.77. The average Bonchev–Trinajstić information content (AvgIpc) is 2.89. The van der Waals surface area contributed by atoms with Crippen molar-refractivity contribution in [3.63, 3.8) is 0 Å². The fourth-order valence-corrected chi connectivity index (χ4v) is 5.14. The van der Waals surface area contributed by atoms with E-state index in [1.807, 2.05) is 38.1 Å². The number of carbonyl (C=O) groups is 2. The van der Waals surface area contributed by atoms with Gasteiger partial charge in [-0.1, -0.05) is 39.3 Å². The van der Waals surface area contributed by atoms with Crippen LogP contribution in [0.5, 0.6) is 11.5 Å². The standard InChI is InChI=1S/C28H38N4O4.ClH/c1-4-5-15-32-26(34)24(25(33)20(2)3)30-27(35)28(32)12-16-31(17-13-28)19-21-8-10-22(11-9-21)36-23-7-6-14-29-18-23;/h6-11,14,18,20,24-25,33H,4-5,12-13,15-17,19H2,1-3H3,(H,30,35);1H/t24-,25-;/m1./s1. The summed E-state index contributed by atoms with van der Waals surface area (Å²) in [5, 5.41) is 13.5. The van der Waals surface area contributed by atoms with E-state index in [1.54, 1.807) is 17.3 Å². The summed E-state index contributed by atoms with van der Waals surface area (Å²) in [4.78, 5) is 35.1. The van der Waals surface area contributed by atoms with Crippen LogP contribution in [0.25, 0.3) is 0 Å². The molecule has 2 atom stereocenters. The molecule has 4 rings (SSSR count). The summed E-state index contributed by atoms with van der Waals surface area (Å²) in [5.41, 5.74) is 0.328. The van der Waals surface area contributed by atoms with E-state index in [-0.39, 0.29) is 30.1 Å². The molecule has 8 nitrogen and oxygen atoms in total. The first-order chi connectivity index (χ1) is 17.3. The molecule has 202 valence electrons. The van der Waals surface area contributed by atoms with E-state index in [9.17, 15) is 14.7 Å². The number of likely N-dealkylation sites (tertiary alicyclic amines) is 1. The lowest BCUT2D eigenvalue weighted by molar-refractivity contribution is -0.165. The molecule has 0 unspecified atom stereocenters. The number of hydrogen-bond acceptors (Lipinski definition) is 6. The Kier molecular flexibility index (Phi) is 9.93. The normalized spacial score (nSPS) is 20.5. The zero-order valence-electron chi connectivity index (χ0n) is 21.9. The number of carbonyl (C=O) groups excluding carboxylic acids is 2. The van der Waals surface area contributed by atoms with E-state index in [1.165, 1.54) is 0 Å². The molecule has 0 bridgehead atoms. The maximum Gasteiger partial charge on any atom is 0.248 e. The van der Waals surface area contributed by atoms with Crippen molar-refractivity contribution in [3.05, 3.63) is 54.4 Å². The zero-order chi connectivity index (χ0) is 25.7. The first kappa shape index (κ1) is 28.9. The van der Waals surface area contributed by atoms with Gasteiger partial charge in [0.2, 0.25) is 11.8 Å². The fraction of sp³-hybridized carbons (Fsp3) is 0.536. The van der Waals surface area contributed by atoms with Crippen LogP contribution in [-0.4, -0.2) is 69.0 Å². The largest absolute Gasteiger partial charge is 0.456 e. The number of nitrogens with one attached hydrogen (secondary N) is 1. The van der Waals surface area contributed by atoms with Crippen LogP contribution in [0.15, 0.2) is 48.8 Å². The molecule has 1 spiro atoms. The highest BCUT2D eigenvalue weighted by Gasteiger charge is 2.54. The first-order valence-corrected chi connectivity index (χ1v) is 13.0. The second-order valence-electron chi connectivity index (χ2n) is 10.3. The van der Waals surface area contributed by atoms with Crippen molar-refractivity contribution in [2.24, 2.45) is 5.92 Å². The van der Waals surface area contributed by atoms with Gasteiger partial charge in [-0.15, -0.1) is 12.4 Å². The van der Waals surface area contributed by atoms with Crippen LogP contribution < -0.4 is 10.1 Å². The second kappa shape index (κ2) is 12.7. The van der Waals surface area contributed by atoms with E-state index >= 15 is 0 Å². The Hall–Kier alpha value is -2.68. The Labute approximate surface area is 225 Å². The lowest BCUT2D eigenvalue weighted by Gasteiger charge is -2.52. The van der Waals surface area contributed by atoms with Crippen LogP contribution in [0, 0.1) is 5.92 Å². The monoisotopic (exact) mass is 530 g/mol. The minimum absolute atomic E-state index is 0. The Morgan fingerprint density at radius 3 is 2.43 bits per heavy atom. The number of ether oxygens (including phenoxy) is 1. The molecule has 1 aromatic heterocycles. The number of pyridine rings is 1.